The molecule has 0 radical (unpaired) electrons. The zero-order chi connectivity index (χ0) is 24.5. The number of hydrogen-bond acceptors (Lipinski definition) is 6. The Bertz CT molecular complexity index is 1200. The number of furan rings is 1. The zero-order valence-corrected chi connectivity index (χ0v) is 19.3. The molecular weight excluding hydrogens is 432 g/mol. The van der Waals surface area contributed by atoms with Crippen molar-refractivity contribution < 1.29 is 23.5 Å². The van der Waals surface area contributed by atoms with Gasteiger partial charge in [-0.2, -0.15) is 5.26 Å². The Balaban J connectivity index is 1.56. The summed E-state index contributed by atoms with van der Waals surface area (Å²) >= 11 is 0. The van der Waals surface area contributed by atoms with E-state index in [0.717, 1.165) is 11.1 Å². The normalized spacial score (nSPS) is 11.1. The van der Waals surface area contributed by atoms with Gasteiger partial charge in [0.05, 0.1) is 12.8 Å². The highest BCUT2D eigenvalue weighted by molar-refractivity contribution is 6.01. The van der Waals surface area contributed by atoms with Gasteiger partial charge in [0, 0.05) is 0 Å². The van der Waals surface area contributed by atoms with Crippen LogP contribution in [0.1, 0.15) is 42.2 Å². The van der Waals surface area contributed by atoms with Crippen LogP contribution in [0.5, 0.6) is 11.5 Å². The smallest absolute Gasteiger partial charge is 0.349 e. The maximum Gasteiger partial charge on any atom is 0.349 e. The third kappa shape index (κ3) is 6.84. The van der Waals surface area contributed by atoms with Crippen LogP contribution in [-0.4, -0.2) is 18.5 Å². The van der Waals surface area contributed by atoms with Gasteiger partial charge < -0.3 is 19.2 Å². The van der Waals surface area contributed by atoms with Crippen LogP contribution in [0.15, 0.2) is 70.9 Å². The minimum Gasteiger partial charge on any atom is -0.482 e. The summed E-state index contributed by atoms with van der Waals surface area (Å²) < 4.78 is 16.2. The number of ether oxygens (including phenoxy) is 2. The second-order valence-electron chi connectivity index (χ2n) is 7.96. The molecule has 0 aliphatic carbocycles. The van der Waals surface area contributed by atoms with Crippen molar-refractivity contribution in [2.24, 2.45) is 0 Å². The van der Waals surface area contributed by atoms with Crippen LogP contribution >= 0.6 is 0 Å². The molecule has 0 fully saturated rings. The average Bonchev–Trinajstić information content (AvgIpc) is 3.34. The number of amides is 1. The minimum atomic E-state index is -0.533. The highest BCUT2D eigenvalue weighted by Gasteiger charge is 2.12. The van der Waals surface area contributed by atoms with Crippen LogP contribution in [0.25, 0.3) is 6.08 Å². The van der Waals surface area contributed by atoms with Gasteiger partial charge in [-0.3, -0.25) is 4.79 Å². The van der Waals surface area contributed by atoms with Gasteiger partial charge in [0.1, 0.15) is 28.9 Å². The van der Waals surface area contributed by atoms with E-state index in [0.29, 0.717) is 22.8 Å². The molecule has 7 heteroatoms. The summed E-state index contributed by atoms with van der Waals surface area (Å²) in [5.74, 6) is 0.806. The summed E-state index contributed by atoms with van der Waals surface area (Å²) in [5.41, 5.74) is 2.63. The van der Waals surface area contributed by atoms with Crippen molar-refractivity contribution in [2.75, 3.05) is 6.61 Å². The van der Waals surface area contributed by atoms with Crippen molar-refractivity contribution in [2.45, 2.75) is 33.2 Å². The number of esters is 1. The quantitative estimate of drug-likeness (QED) is 0.211. The van der Waals surface area contributed by atoms with Gasteiger partial charge in [0.15, 0.2) is 6.61 Å². The van der Waals surface area contributed by atoms with Gasteiger partial charge in [0.25, 0.3) is 5.91 Å². The predicted octanol–water partition coefficient (Wildman–Crippen LogP) is 4.92. The number of carbonyl (C=O) groups is 2. The zero-order valence-electron chi connectivity index (χ0n) is 19.3. The molecule has 34 heavy (non-hydrogen) atoms. The molecule has 3 rings (SSSR count). The summed E-state index contributed by atoms with van der Waals surface area (Å²) in [6.07, 6.45) is 2.96. The molecule has 0 aliphatic heterocycles. The second-order valence-corrected chi connectivity index (χ2v) is 7.96. The van der Waals surface area contributed by atoms with Gasteiger partial charge in [-0.15, -0.1) is 0 Å². The number of aryl methyl sites for hydroxylation is 1. The van der Waals surface area contributed by atoms with E-state index in [1.807, 2.05) is 31.2 Å². The van der Waals surface area contributed by atoms with E-state index in [1.165, 1.54) is 12.3 Å². The fourth-order valence-electron chi connectivity index (χ4n) is 3.16. The molecule has 3 aromatic rings. The standard InChI is InChI=1S/C27H26N2O5/c1-18(2)24-11-6-19(3)13-25(24)33-17-26(30)34-22-9-7-20(8-10-22)14-21(15-28)27(31)29-16-23-5-4-12-32-23/h4-14,18H,16-17H2,1-3H3,(H,29,31)/b21-14+. The first-order chi connectivity index (χ1) is 16.4. The van der Waals surface area contributed by atoms with Gasteiger partial charge in [0.2, 0.25) is 0 Å². The highest BCUT2D eigenvalue weighted by atomic mass is 16.6. The molecular formula is C27H26N2O5. The third-order valence-corrected chi connectivity index (χ3v) is 4.93. The number of nitrogens with zero attached hydrogens (tertiary/aromatic N) is 1. The van der Waals surface area contributed by atoms with E-state index in [-0.39, 0.29) is 24.6 Å². The number of nitrogens with one attached hydrogen (secondary N) is 1. The van der Waals surface area contributed by atoms with Crippen molar-refractivity contribution in [3.05, 3.63) is 88.9 Å². The molecule has 174 valence electrons. The van der Waals surface area contributed by atoms with Crippen LogP contribution in [0.3, 0.4) is 0 Å². The van der Waals surface area contributed by atoms with Crippen LogP contribution in [0, 0.1) is 18.3 Å². The Labute approximate surface area is 198 Å². The molecule has 1 N–H and O–H groups in total. The molecule has 0 bridgehead atoms. The molecule has 1 amide bonds. The van der Waals surface area contributed by atoms with Gasteiger partial charge in [-0.1, -0.05) is 38.1 Å². The first kappa shape index (κ1) is 24.3. The highest BCUT2D eigenvalue weighted by Crippen LogP contribution is 2.27. The molecule has 1 heterocycles. The number of rotatable bonds is 9. The number of benzene rings is 2. The van der Waals surface area contributed by atoms with E-state index < -0.39 is 11.9 Å². The van der Waals surface area contributed by atoms with Crippen molar-refractivity contribution in [1.29, 1.82) is 5.26 Å². The van der Waals surface area contributed by atoms with E-state index in [1.54, 1.807) is 36.4 Å². The summed E-state index contributed by atoms with van der Waals surface area (Å²) in [6, 6.07) is 17.7. The lowest BCUT2D eigenvalue weighted by Gasteiger charge is -2.14. The molecule has 0 saturated heterocycles. The Hall–Kier alpha value is -4.31. The lowest BCUT2D eigenvalue weighted by molar-refractivity contribution is -0.136. The Morgan fingerprint density at radius 2 is 1.91 bits per heavy atom. The van der Waals surface area contributed by atoms with Gasteiger partial charge in [-0.05, 0) is 65.9 Å². The number of hydrogen-bond donors (Lipinski definition) is 1. The minimum absolute atomic E-state index is 0.0520. The fourth-order valence-corrected chi connectivity index (χ4v) is 3.16. The molecule has 0 aliphatic rings. The summed E-state index contributed by atoms with van der Waals surface area (Å²) in [5, 5.41) is 12.0. The third-order valence-electron chi connectivity index (χ3n) is 4.93. The molecule has 7 nitrogen and oxygen atoms in total. The monoisotopic (exact) mass is 458 g/mol. The number of nitriles is 1. The molecule has 0 atom stereocenters. The Morgan fingerprint density at radius 1 is 1.15 bits per heavy atom. The number of carbonyl (C=O) groups excluding carboxylic acids is 2. The molecule has 0 saturated carbocycles. The van der Waals surface area contributed by atoms with Crippen LogP contribution in [0.4, 0.5) is 0 Å². The lowest BCUT2D eigenvalue weighted by Crippen LogP contribution is -2.23. The summed E-state index contributed by atoms with van der Waals surface area (Å²) in [4.78, 5) is 24.5. The first-order valence-corrected chi connectivity index (χ1v) is 10.8. The van der Waals surface area contributed by atoms with Crippen molar-refractivity contribution >= 4 is 18.0 Å². The lowest BCUT2D eigenvalue weighted by atomic mass is 10.0. The summed E-state index contributed by atoms with van der Waals surface area (Å²) in [6.45, 7) is 6.05. The SMILES string of the molecule is Cc1ccc(C(C)C)c(OCC(=O)Oc2ccc(/C=C(\C#N)C(=O)NCc3ccco3)cc2)c1. The van der Waals surface area contributed by atoms with Crippen molar-refractivity contribution in [1.82, 2.24) is 5.32 Å². The van der Waals surface area contributed by atoms with E-state index >= 15 is 0 Å². The first-order valence-electron chi connectivity index (χ1n) is 10.8. The maximum atomic E-state index is 12.3. The van der Waals surface area contributed by atoms with E-state index in [2.05, 4.69) is 19.2 Å². The van der Waals surface area contributed by atoms with Crippen molar-refractivity contribution in [3.63, 3.8) is 0 Å². The largest absolute Gasteiger partial charge is 0.482 e. The van der Waals surface area contributed by atoms with E-state index in [9.17, 15) is 14.9 Å². The van der Waals surface area contributed by atoms with Crippen molar-refractivity contribution in [3.8, 4) is 17.6 Å². The Kier molecular flexibility index (Phi) is 8.25. The van der Waals surface area contributed by atoms with Gasteiger partial charge in [-0.25, -0.2) is 4.79 Å². The second kappa shape index (κ2) is 11.5. The van der Waals surface area contributed by atoms with Crippen LogP contribution in [-0.2, 0) is 16.1 Å². The average molecular weight is 459 g/mol. The Morgan fingerprint density at radius 3 is 2.56 bits per heavy atom. The van der Waals surface area contributed by atoms with Crippen LogP contribution in [0.2, 0.25) is 0 Å². The van der Waals surface area contributed by atoms with E-state index in [4.69, 9.17) is 13.9 Å². The maximum absolute atomic E-state index is 12.3. The fraction of sp³-hybridized carbons (Fsp3) is 0.222. The molecule has 0 unspecified atom stereocenters. The molecule has 2 aromatic carbocycles. The summed E-state index contributed by atoms with van der Waals surface area (Å²) in [7, 11) is 0. The van der Waals surface area contributed by atoms with Gasteiger partial charge >= 0.3 is 5.97 Å². The van der Waals surface area contributed by atoms with Crippen LogP contribution < -0.4 is 14.8 Å². The molecule has 1 aromatic heterocycles. The molecule has 0 spiro atoms. The predicted molar refractivity (Wildman–Crippen MR) is 127 cm³/mol. The topological polar surface area (TPSA) is 102 Å².